The van der Waals surface area contributed by atoms with Crippen LogP contribution in [0.1, 0.15) is 12.5 Å². The van der Waals surface area contributed by atoms with Gasteiger partial charge in [0.05, 0.1) is 16.3 Å². The summed E-state index contributed by atoms with van der Waals surface area (Å²) in [5.41, 5.74) is 3.63. The Balaban J connectivity index is 2.16. The van der Waals surface area contributed by atoms with Crippen LogP contribution >= 0.6 is 34.5 Å². The molecule has 0 aliphatic carbocycles. The number of rotatable bonds is 4. The van der Waals surface area contributed by atoms with Gasteiger partial charge in [0.25, 0.3) is 0 Å². The Labute approximate surface area is 148 Å². The van der Waals surface area contributed by atoms with Crippen molar-refractivity contribution in [3.63, 3.8) is 0 Å². The van der Waals surface area contributed by atoms with Crippen molar-refractivity contribution >= 4 is 39.7 Å². The highest BCUT2D eigenvalue weighted by atomic mass is 35.5. The van der Waals surface area contributed by atoms with Gasteiger partial charge in [-0.2, -0.15) is 0 Å². The first-order valence-corrected chi connectivity index (χ1v) is 8.66. The third kappa shape index (κ3) is 3.47. The fourth-order valence-corrected chi connectivity index (χ4v) is 3.46. The Morgan fingerprint density at radius 1 is 1.17 bits per heavy atom. The highest BCUT2D eigenvalue weighted by Gasteiger charge is 2.17. The summed E-state index contributed by atoms with van der Waals surface area (Å²) in [6.45, 7) is 4.82. The number of hydrogen-bond acceptors (Lipinski definition) is 5. The molecule has 4 nitrogen and oxygen atoms in total. The summed E-state index contributed by atoms with van der Waals surface area (Å²) < 4.78 is 0. The molecule has 0 spiro atoms. The molecule has 0 saturated heterocycles. The number of benzene rings is 1. The monoisotopic (exact) mass is 364 g/mol. The van der Waals surface area contributed by atoms with Gasteiger partial charge in [0.1, 0.15) is 0 Å². The van der Waals surface area contributed by atoms with Gasteiger partial charge in [-0.1, -0.05) is 29.0 Å². The molecule has 1 aromatic carbocycles. The van der Waals surface area contributed by atoms with Gasteiger partial charge in [0.15, 0.2) is 5.13 Å². The molecule has 2 aromatic heterocycles. The third-order valence-corrected chi connectivity index (χ3v) is 4.89. The largest absolute Gasteiger partial charge is 0.362 e. The maximum atomic E-state index is 6.13. The van der Waals surface area contributed by atoms with Gasteiger partial charge in [0, 0.05) is 23.3 Å². The van der Waals surface area contributed by atoms with Crippen LogP contribution in [0.2, 0.25) is 10.3 Å². The summed E-state index contributed by atoms with van der Waals surface area (Å²) in [5.74, 6) is 0. The molecule has 0 radical (unpaired) electrons. The number of hydrogen-bond donors (Lipinski definition) is 1. The first-order chi connectivity index (χ1) is 11.1. The Morgan fingerprint density at radius 3 is 2.70 bits per heavy atom. The van der Waals surface area contributed by atoms with E-state index in [2.05, 4.69) is 15.3 Å². The molecule has 0 bridgehead atoms. The molecule has 0 atom stereocenters. The smallest absolute Gasteiger partial charge is 0.222 e. The third-order valence-electron chi connectivity index (χ3n) is 3.25. The van der Waals surface area contributed by atoms with Crippen molar-refractivity contribution < 1.29 is 0 Å². The molecule has 23 heavy (non-hydrogen) atoms. The Bertz CT molecular complexity index is 848. The normalized spacial score (nSPS) is 10.8. The van der Waals surface area contributed by atoms with Crippen molar-refractivity contribution in [1.29, 1.82) is 0 Å². The van der Waals surface area contributed by atoms with Gasteiger partial charge in [-0.05, 0) is 49.2 Å². The lowest BCUT2D eigenvalue weighted by atomic mass is 10.1. The molecule has 118 valence electrons. The van der Waals surface area contributed by atoms with Crippen molar-refractivity contribution in [1.82, 2.24) is 15.0 Å². The van der Waals surface area contributed by atoms with Gasteiger partial charge in [-0.15, -0.1) is 0 Å². The highest BCUT2D eigenvalue weighted by molar-refractivity contribution is 7.19. The van der Waals surface area contributed by atoms with E-state index in [0.717, 1.165) is 44.1 Å². The fraction of sp³-hybridized carbons (Fsp3) is 0.188. The van der Waals surface area contributed by atoms with Crippen LogP contribution in [0.5, 0.6) is 0 Å². The molecular formula is C16H14Cl2N4S. The second kappa shape index (κ2) is 6.83. The summed E-state index contributed by atoms with van der Waals surface area (Å²) in [5, 5.41) is 5.06. The SMILES string of the molecule is CCNc1nc(-c2ccc(Cl)c(C)c2)c(-c2ccnc(Cl)n2)s1. The number of thiazole rings is 1. The van der Waals surface area contributed by atoms with Crippen LogP contribution in [0.4, 0.5) is 5.13 Å². The minimum atomic E-state index is 0.221. The summed E-state index contributed by atoms with van der Waals surface area (Å²) in [6.07, 6.45) is 1.65. The molecule has 0 aliphatic heterocycles. The summed E-state index contributed by atoms with van der Waals surface area (Å²) in [4.78, 5) is 13.9. The van der Waals surface area contributed by atoms with E-state index in [1.165, 1.54) is 0 Å². The lowest BCUT2D eigenvalue weighted by Crippen LogP contribution is -1.95. The second-order valence-corrected chi connectivity index (χ2v) is 6.65. The van der Waals surface area contributed by atoms with E-state index in [1.54, 1.807) is 17.5 Å². The van der Waals surface area contributed by atoms with Crippen molar-refractivity contribution in [2.75, 3.05) is 11.9 Å². The topological polar surface area (TPSA) is 50.7 Å². The number of aryl methyl sites for hydroxylation is 1. The average molecular weight is 365 g/mol. The standard InChI is InChI=1S/C16H14Cl2N4S/c1-3-19-16-22-13(10-4-5-11(17)9(2)8-10)14(23-16)12-6-7-20-15(18)21-12/h4-8H,3H2,1-2H3,(H,19,22). The maximum absolute atomic E-state index is 6.13. The molecule has 0 fully saturated rings. The van der Waals surface area contributed by atoms with Crippen LogP contribution in [0, 0.1) is 6.92 Å². The fourth-order valence-electron chi connectivity index (χ4n) is 2.17. The lowest BCUT2D eigenvalue weighted by Gasteiger charge is -2.04. The molecule has 0 unspecified atom stereocenters. The van der Waals surface area contributed by atoms with Crippen molar-refractivity contribution in [3.8, 4) is 21.8 Å². The van der Waals surface area contributed by atoms with E-state index >= 15 is 0 Å². The van der Waals surface area contributed by atoms with Crippen LogP contribution in [0.3, 0.4) is 0 Å². The number of nitrogens with zero attached hydrogens (tertiary/aromatic N) is 3. The van der Waals surface area contributed by atoms with Crippen LogP contribution < -0.4 is 5.32 Å². The van der Waals surface area contributed by atoms with E-state index in [-0.39, 0.29) is 5.28 Å². The molecule has 3 rings (SSSR count). The van der Waals surface area contributed by atoms with Crippen LogP contribution in [0.15, 0.2) is 30.5 Å². The Morgan fingerprint density at radius 2 is 2.00 bits per heavy atom. The molecule has 0 aliphatic rings. The van der Waals surface area contributed by atoms with Crippen molar-refractivity contribution in [2.24, 2.45) is 0 Å². The quantitative estimate of drug-likeness (QED) is 0.636. The first kappa shape index (κ1) is 16.2. The number of aromatic nitrogens is 3. The van der Waals surface area contributed by atoms with Crippen LogP contribution in [0.25, 0.3) is 21.8 Å². The van der Waals surface area contributed by atoms with E-state index < -0.39 is 0 Å². The first-order valence-electron chi connectivity index (χ1n) is 7.08. The number of halogens is 2. The highest BCUT2D eigenvalue weighted by Crippen LogP contribution is 2.39. The van der Waals surface area contributed by atoms with Gasteiger partial charge in [0.2, 0.25) is 5.28 Å². The van der Waals surface area contributed by atoms with Gasteiger partial charge in [-0.25, -0.2) is 15.0 Å². The van der Waals surface area contributed by atoms with Gasteiger partial charge < -0.3 is 5.32 Å². The predicted octanol–water partition coefficient (Wildman–Crippen LogP) is 5.31. The predicted molar refractivity (Wildman–Crippen MR) is 97.5 cm³/mol. The second-order valence-electron chi connectivity index (χ2n) is 4.90. The Hall–Kier alpha value is -1.69. The molecule has 2 heterocycles. The zero-order valence-corrected chi connectivity index (χ0v) is 14.9. The minimum absolute atomic E-state index is 0.221. The zero-order chi connectivity index (χ0) is 16.4. The number of nitrogens with one attached hydrogen (secondary N) is 1. The molecule has 3 aromatic rings. The van der Waals surface area contributed by atoms with E-state index in [9.17, 15) is 0 Å². The van der Waals surface area contributed by atoms with Crippen LogP contribution in [-0.4, -0.2) is 21.5 Å². The number of anilines is 1. The summed E-state index contributed by atoms with van der Waals surface area (Å²) in [6, 6.07) is 7.71. The molecule has 0 amide bonds. The zero-order valence-electron chi connectivity index (χ0n) is 12.6. The minimum Gasteiger partial charge on any atom is -0.362 e. The van der Waals surface area contributed by atoms with Crippen molar-refractivity contribution in [2.45, 2.75) is 13.8 Å². The molecule has 7 heteroatoms. The van der Waals surface area contributed by atoms with E-state index in [4.69, 9.17) is 28.2 Å². The Kier molecular flexibility index (Phi) is 4.80. The molecule has 1 N–H and O–H groups in total. The maximum Gasteiger partial charge on any atom is 0.222 e. The molecule has 0 saturated carbocycles. The van der Waals surface area contributed by atoms with Crippen LogP contribution in [-0.2, 0) is 0 Å². The average Bonchev–Trinajstić information content (AvgIpc) is 2.94. The molecular weight excluding hydrogens is 351 g/mol. The van der Waals surface area contributed by atoms with E-state index in [0.29, 0.717) is 0 Å². The van der Waals surface area contributed by atoms with E-state index in [1.807, 2.05) is 38.1 Å². The van der Waals surface area contributed by atoms with Crippen molar-refractivity contribution in [3.05, 3.63) is 46.3 Å². The summed E-state index contributed by atoms with van der Waals surface area (Å²) in [7, 11) is 0. The lowest BCUT2D eigenvalue weighted by molar-refractivity contribution is 1.17. The van der Waals surface area contributed by atoms with Gasteiger partial charge in [-0.3, -0.25) is 0 Å². The summed E-state index contributed by atoms with van der Waals surface area (Å²) >= 11 is 13.6. The van der Waals surface area contributed by atoms with Gasteiger partial charge >= 0.3 is 0 Å².